The second-order valence-electron chi connectivity index (χ2n) is 5.30. The lowest BCUT2D eigenvalue weighted by molar-refractivity contribution is 0.0273. The van der Waals surface area contributed by atoms with E-state index in [1.807, 2.05) is 12.1 Å². The topological polar surface area (TPSA) is 33.7 Å². The average molecular weight is 280 g/mol. The molecule has 4 nitrogen and oxygen atoms in total. The number of morpholine rings is 2. The Bertz CT molecular complexity index is 443. The molecular formula is C15H21FN2O2. The summed E-state index contributed by atoms with van der Waals surface area (Å²) in [7, 11) is 0. The van der Waals surface area contributed by atoms with Gasteiger partial charge in [0.05, 0.1) is 25.9 Å². The largest absolute Gasteiger partial charge is 0.379 e. The zero-order valence-electron chi connectivity index (χ0n) is 11.6. The summed E-state index contributed by atoms with van der Waals surface area (Å²) in [6.45, 7) is 6.17. The number of ether oxygens (including phenoxy) is 2. The second kappa shape index (κ2) is 6.63. The normalized spacial score (nSPS) is 24.8. The van der Waals surface area contributed by atoms with Gasteiger partial charge in [0.1, 0.15) is 5.82 Å². The van der Waals surface area contributed by atoms with E-state index in [1.165, 1.54) is 0 Å². The first-order valence-corrected chi connectivity index (χ1v) is 7.24. The number of hydrogen-bond acceptors (Lipinski definition) is 4. The molecule has 2 fully saturated rings. The van der Waals surface area contributed by atoms with E-state index in [4.69, 9.17) is 9.47 Å². The summed E-state index contributed by atoms with van der Waals surface area (Å²) in [5, 5.41) is 3.26. The van der Waals surface area contributed by atoms with Gasteiger partial charge in [-0.05, 0) is 11.6 Å². The minimum absolute atomic E-state index is 0.0318. The molecule has 2 saturated heterocycles. The lowest BCUT2D eigenvalue weighted by Gasteiger charge is -2.27. The number of rotatable bonds is 3. The first-order chi connectivity index (χ1) is 9.83. The second-order valence-corrected chi connectivity index (χ2v) is 5.30. The van der Waals surface area contributed by atoms with Gasteiger partial charge in [0.15, 0.2) is 0 Å². The molecule has 0 aliphatic carbocycles. The summed E-state index contributed by atoms with van der Waals surface area (Å²) in [4.78, 5) is 2.22. The number of hydrogen-bond donors (Lipinski definition) is 1. The Kier molecular flexibility index (Phi) is 4.62. The van der Waals surface area contributed by atoms with Gasteiger partial charge in [-0.3, -0.25) is 4.90 Å². The van der Waals surface area contributed by atoms with Crippen LogP contribution >= 0.6 is 0 Å². The Morgan fingerprint density at radius 3 is 2.80 bits per heavy atom. The van der Waals surface area contributed by atoms with Crippen LogP contribution in [-0.4, -0.2) is 50.9 Å². The van der Waals surface area contributed by atoms with Gasteiger partial charge in [-0.2, -0.15) is 0 Å². The molecule has 110 valence electrons. The summed E-state index contributed by atoms with van der Waals surface area (Å²) >= 11 is 0. The molecule has 0 aromatic heterocycles. The van der Waals surface area contributed by atoms with E-state index in [9.17, 15) is 4.39 Å². The Morgan fingerprint density at radius 2 is 2.10 bits per heavy atom. The third-order valence-corrected chi connectivity index (χ3v) is 3.87. The Hall–Kier alpha value is -1.01. The molecule has 3 rings (SSSR count). The average Bonchev–Trinajstić information content (AvgIpc) is 2.51. The van der Waals surface area contributed by atoms with Gasteiger partial charge in [-0.1, -0.05) is 12.1 Å². The monoisotopic (exact) mass is 280 g/mol. The molecule has 2 aliphatic heterocycles. The highest BCUT2D eigenvalue weighted by molar-refractivity contribution is 5.26. The number of benzene rings is 1. The highest BCUT2D eigenvalue weighted by Gasteiger charge is 2.18. The molecular weight excluding hydrogens is 259 g/mol. The minimum atomic E-state index is -0.136. The lowest BCUT2D eigenvalue weighted by atomic mass is 10.0. The van der Waals surface area contributed by atoms with Crippen molar-refractivity contribution in [1.82, 2.24) is 10.2 Å². The molecule has 20 heavy (non-hydrogen) atoms. The molecule has 0 radical (unpaired) electrons. The molecule has 1 unspecified atom stereocenters. The number of halogens is 1. The van der Waals surface area contributed by atoms with Crippen molar-refractivity contribution in [2.45, 2.75) is 12.6 Å². The van der Waals surface area contributed by atoms with Gasteiger partial charge in [0, 0.05) is 38.3 Å². The molecule has 2 heterocycles. The van der Waals surface area contributed by atoms with Crippen molar-refractivity contribution in [3.63, 3.8) is 0 Å². The van der Waals surface area contributed by atoms with E-state index in [-0.39, 0.29) is 11.9 Å². The van der Waals surface area contributed by atoms with Crippen molar-refractivity contribution in [3.8, 4) is 0 Å². The summed E-state index contributed by atoms with van der Waals surface area (Å²) < 4.78 is 25.2. The zero-order chi connectivity index (χ0) is 13.8. The van der Waals surface area contributed by atoms with Crippen molar-refractivity contribution in [3.05, 3.63) is 35.1 Å². The number of nitrogens with zero attached hydrogens (tertiary/aromatic N) is 1. The highest BCUT2D eigenvalue weighted by atomic mass is 19.1. The maximum atomic E-state index is 14.2. The van der Waals surface area contributed by atoms with Crippen LogP contribution in [0.4, 0.5) is 4.39 Å². The van der Waals surface area contributed by atoms with Gasteiger partial charge in [0.2, 0.25) is 0 Å². The predicted octanol–water partition coefficient (Wildman–Crippen LogP) is 1.32. The summed E-state index contributed by atoms with van der Waals surface area (Å²) in [6.07, 6.45) is -0.0318. The van der Waals surface area contributed by atoms with Crippen molar-refractivity contribution in [2.75, 3.05) is 46.0 Å². The minimum Gasteiger partial charge on any atom is -0.379 e. The van der Waals surface area contributed by atoms with Crippen molar-refractivity contribution in [2.24, 2.45) is 0 Å². The highest BCUT2D eigenvalue weighted by Crippen LogP contribution is 2.22. The lowest BCUT2D eigenvalue weighted by Crippen LogP contribution is -2.36. The van der Waals surface area contributed by atoms with E-state index in [2.05, 4.69) is 10.2 Å². The first kappa shape index (κ1) is 13.9. The van der Waals surface area contributed by atoms with E-state index in [0.717, 1.165) is 50.5 Å². The van der Waals surface area contributed by atoms with E-state index in [1.54, 1.807) is 6.07 Å². The van der Waals surface area contributed by atoms with Crippen molar-refractivity contribution >= 4 is 0 Å². The fraction of sp³-hybridized carbons (Fsp3) is 0.600. The zero-order valence-corrected chi connectivity index (χ0v) is 11.6. The van der Waals surface area contributed by atoms with Crippen LogP contribution in [0.5, 0.6) is 0 Å². The van der Waals surface area contributed by atoms with E-state index >= 15 is 0 Å². The Labute approximate surface area is 118 Å². The summed E-state index contributed by atoms with van der Waals surface area (Å²) in [5.41, 5.74) is 1.67. The van der Waals surface area contributed by atoms with Crippen LogP contribution in [0, 0.1) is 5.82 Å². The Balaban J connectivity index is 1.66. The molecule has 0 bridgehead atoms. The molecule has 1 aromatic rings. The number of nitrogens with one attached hydrogen (secondary N) is 1. The van der Waals surface area contributed by atoms with Crippen LogP contribution in [0.25, 0.3) is 0 Å². The SMILES string of the molecule is Fc1cc(C2CNCCO2)ccc1CN1CCOCC1. The van der Waals surface area contributed by atoms with Crippen LogP contribution in [-0.2, 0) is 16.0 Å². The van der Waals surface area contributed by atoms with Crippen molar-refractivity contribution < 1.29 is 13.9 Å². The first-order valence-electron chi connectivity index (χ1n) is 7.24. The van der Waals surface area contributed by atoms with Crippen LogP contribution in [0.3, 0.4) is 0 Å². The molecule has 0 spiro atoms. The van der Waals surface area contributed by atoms with Crippen LogP contribution in [0.15, 0.2) is 18.2 Å². The van der Waals surface area contributed by atoms with Gasteiger partial charge >= 0.3 is 0 Å². The summed E-state index contributed by atoms with van der Waals surface area (Å²) in [6, 6.07) is 5.49. The third kappa shape index (κ3) is 3.35. The van der Waals surface area contributed by atoms with Crippen LogP contribution in [0.1, 0.15) is 17.2 Å². The van der Waals surface area contributed by atoms with E-state index in [0.29, 0.717) is 13.2 Å². The van der Waals surface area contributed by atoms with Crippen LogP contribution in [0.2, 0.25) is 0 Å². The quantitative estimate of drug-likeness (QED) is 0.905. The fourth-order valence-corrected chi connectivity index (χ4v) is 2.67. The van der Waals surface area contributed by atoms with Gasteiger partial charge in [-0.25, -0.2) is 4.39 Å². The maximum Gasteiger partial charge on any atom is 0.128 e. The maximum absolute atomic E-state index is 14.2. The molecule has 1 aromatic carbocycles. The van der Waals surface area contributed by atoms with E-state index < -0.39 is 0 Å². The summed E-state index contributed by atoms with van der Waals surface area (Å²) in [5.74, 6) is -0.136. The molecule has 0 saturated carbocycles. The van der Waals surface area contributed by atoms with Gasteiger partial charge in [0.25, 0.3) is 0 Å². The predicted molar refractivity (Wildman–Crippen MR) is 74.1 cm³/mol. The third-order valence-electron chi connectivity index (χ3n) is 3.87. The van der Waals surface area contributed by atoms with Gasteiger partial charge in [-0.15, -0.1) is 0 Å². The molecule has 1 atom stereocenters. The van der Waals surface area contributed by atoms with Crippen molar-refractivity contribution in [1.29, 1.82) is 0 Å². The van der Waals surface area contributed by atoms with Crippen LogP contribution < -0.4 is 5.32 Å². The molecule has 1 N–H and O–H groups in total. The standard InChI is InChI=1S/C15H21FN2O2/c16-14-9-12(15-10-17-3-6-20-15)1-2-13(14)11-18-4-7-19-8-5-18/h1-2,9,15,17H,3-8,10-11H2. The molecule has 0 amide bonds. The fourth-order valence-electron chi connectivity index (χ4n) is 2.67. The molecule has 5 heteroatoms. The Morgan fingerprint density at radius 1 is 1.25 bits per heavy atom. The van der Waals surface area contributed by atoms with Gasteiger partial charge < -0.3 is 14.8 Å². The smallest absolute Gasteiger partial charge is 0.128 e. The molecule has 2 aliphatic rings.